The summed E-state index contributed by atoms with van der Waals surface area (Å²) in [4.78, 5) is 22.9. The van der Waals surface area contributed by atoms with Gasteiger partial charge in [-0.3, -0.25) is 0 Å². The Kier molecular flexibility index (Phi) is 3.57. The molecule has 0 bridgehead atoms. The molecule has 0 amide bonds. The van der Waals surface area contributed by atoms with Gasteiger partial charge in [-0.1, -0.05) is 24.3 Å². The number of para-hydroxylation sites is 2. The normalized spacial score (nSPS) is 11.9. The molecular weight excluding hydrogens is 376 g/mol. The fraction of sp³-hybridized carbons (Fsp3) is 0. The van der Waals surface area contributed by atoms with Crippen molar-refractivity contribution in [3.8, 4) is 11.5 Å². The first kappa shape index (κ1) is 16.9. The SMILES string of the molecule is O=c1oc2c(O)cccc2cc1S(=O)(=O)c1cc2cccc(O)c2oc1=O. The smallest absolute Gasteiger partial charge is 0.355 e. The summed E-state index contributed by atoms with van der Waals surface area (Å²) < 4.78 is 35.6. The van der Waals surface area contributed by atoms with Gasteiger partial charge >= 0.3 is 11.3 Å². The molecule has 0 saturated heterocycles. The molecule has 0 unspecified atom stereocenters. The second kappa shape index (κ2) is 5.71. The van der Waals surface area contributed by atoms with Crippen molar-refractivity contribution in [3.63, 3.8) is 0 Å². The van der Waals surface area contributed by atoms with E-state index >= 15 is 0 Å². The molecule has 2 heterocycles. The van der Waals surface area contributed by atoms with Crippen LogP contribution in [-0.2, 0) is 9.84 Å². The monoisotopic (exact) mass is 386 g/mol. The molecule has 136 valence electrons. The highest BCUT2D eigenvalue weighted by atomic mass is 32.2. The molecule has 4 rings (SSSR count). The minimum Gasteiger partial charge on any atom is -0.504 e. The van der Waals surface area contributed by atoms with Crippen LogP contribution >= 0.6 is 0 Å². The van der Waals surface area contributed by atoms with Crippen molar-refractivity contribution < 1.29 is 27.5 Å². The zero-order valence-corrected chi connectivity index (χ0v) is 14.2. The Morgan fingerprint density at radius 3 is 1.52 bits per heavy atom. The van der Waals surface area contributed by atoms with Gasteiger partial charge in [0.1, 0.15) is 0 Å². The molecule has 8 nitrogen and oxygen atoms in total. The number of benzene rings is 2. The van der Waals surface area contributed by atoms with Gasteiger partial charge in [-0.05, 0) is 24.3 Å². The van der Waals surface area contributed by atoms with Gasteiger partial charge in [-0.2, -0.15) is 0 Å². The van der Waals surface area contributed by atoms with E-state index in [0.29, 0.717) is 0 Å². The molecule has 2 aromatic carbocycles. The molecule has 27 heavy (non-hydrogen) atoms. The summed E-state index contributed by atoms with van der Waals surface area (Å²) in [6.45, 7) is 0. The quantitative estimate of drug-likeness (QED) is 0.500. The number of rotatable bonds is 2. The first-order valence-electron chi connectivity index (χ1n) is 7.56. The number of fused-ring (bicyclic) bond motifs is 2. The van der Waals surface area contributed by atoms with Crippen molar-refractivity contribution in [2.75, 3.05) is 0 Å². The first-order valence-corrected chi connectivity index (χ1v) is 9.04. The average molecular weight is 386 g/mol. The van der Waals surface area contributed by atoms with Crippen LogP contribution in [0, 0.1) is 0 Å². The van der Waals surface area contributed by atoms with Gasteiger partial charge in [0.15, 0.2) is 32.5 Å². The molecule has 0 saturated carbocycles. The Hall–Kier alpha value is -3.59. The van der Waals surface area contributed by atoms with Crippen molar-refractivity contribution in [2.45, 2.75) is 9.79 Å². The van der Waals surface area contributed by atoms with Gasteiger partial charge in [0.25, 0.3) is 0 Å². The van der Waals surface area contributed by atoms with Gasteiger partial charge < -0.3 is 19.0 Å². The number of hydrogen-bond donors (Lipinski definition) is 2. The lowest BCUT2D eigenvalue weighted by Gasteiger charge is -2.06. The number of phenols is 2. The standard InChI is InChI=1S/C18H10O8S/c19-11-5-1-3-9-7-13(17(21)25-15(9)11)27(23,24)14-8-10-4-2-6-12(20)16(10)26-18(14)22/h1-8,19-20H. The van der Waals surface area contributed by atoms with Crippen LogP contribution in [0.1, 0.15) is 0 Å². The van der Waals surface area contributed by atoms with Gasteiger partial charge in [-0.25, -0.2) is 18.0 Å². The molecule has 0 atom stereocenters. The molecule has 2 N–H and O–H groups in total. The minimum absolute atomic E-state index is 0.163. The largest absolute Gasteiger partial charge is 0.504 e. The number of sulfone groups is 1. The highest BCUT2D eigenvalue weighted by molar-refractivity contribution is 7.91. The van der Waals surface area contributed by atoms with Crippen LogP contribution in [0.3, 0.4) is 0 Å². The molecule has 0 aliphatic heterocycles. The van der Waals surface area contributed by atoms with Crippen LogP contribution in [0.4, 0.5) is 0 Å². The Balaban J connectivity index is 2.02. The zero-order valence-electron chi connectivity index (χ0n) is 13.4. The van der Waals surface area contributed by atoms with E-state index in [4.69, 9.17) is 8.83 Å². The Morgan fingerprint density at radius 2 is 1.11 bits per heavy atom. The molecule has 0 aliphatic carbocycles. The van der Waals surface area contributed by atoms with E-state index in [2.05, 4.69) is 0 Å². The zero-order chi connectivity index (χ0) is 19.3. The van der Waals surface area contributed by atoms with Crippen LogP contribution in [-0.4, -0.2) is 18.6 Å². The van der Waals surface area contributed by atoms with E-state index in [1.807, 2.05) is 0 Å². The maximum atomic E-state index is 12.9. The van der Waals surface area contributed by atoms with Gasteiger partial charge in [0.2, 0.25) is 9.84 Å². The molecule has 0 radical (unpaired) electrons. The highest BCUT2D eigenvalue weighted by Gasteiger charge is 2.28. The summed E-state index contributed by atoms with van der Waals surface area (Å²) in [5, 5.41) is 19.8. The lowest BCUT2D eigenvalue weighted by atomic mass is 10.2. The van der Waals surface area contributed by atoms with E-state index in [9.17, 15) is 28.2 Å². The third kappa shape index (κ3) is 2.56. The fourth-order valence-corrected chi connectivity index (χ4v) is 4.04. The summed E-state index contributed by atoms with van der Waals surface area (Å²) in [5.41, 5.74) is -2.81. The van der Waals surface area contributed by atoms with E-state index in [1.165, 1.54) is 36.4 Å². The van der Waals surface area contributed by atoms with Crippen LogP contribution in [0.5, 0.6) is 11.5 Å². The van der Waals surface area contributed by atoms with Crippen molar-refractivity contribution in [3.05, 3.63) is 69.4 Å². The maximum absolute atomic E-state index is 12.9. The molecule has 2 aromatic heterocycles. The predicted molar refractivity (Wildman–Crippen MR) is 93.7 cm³/mol. The van der Waals surface area contributed by atoms with E-state index < -0.39 is 30.9 Å². The van der Waals surface area contributed by atoms with Crippen molar-refractivity contribution in [2.24, 2.45) is 0 Å². The van der Waals surface area contributed by atoms with Crippen LogP contribution in [0.2, 0.25) is 0 Å². The summed E-state index contributed by atoms with van der Waals surface area (Å²) in [6.07, 6.45) is 0. The molecule has 0 fully saturated rings. The maximum Gasteiger partial charge on any atom is 0.355 e. The highest BCUT2D eigenvalue weighted by Crippen LogP contribution is 2.28. The summed E-state index contributed by atoms with van der Waals surface area (Å²) >= 11 is 0. The van der Waals surface area contributed by atoms with E-state index in [1.54, 1.807) is 0 Å². The molecule has 4 aromatic rings. The average Bonchev–Trinajstić information content (AvgIpc) is 2.62. The lowest BCUT2D eigenvalue weighted by molar-refractivity contribution is 0.451. The number of hydrogen-bond acceptors (Lipinski definition) is 8. The second-order valence-electron chi connectivity index (χ2n) is 5.69. The fourth-order valence-electron chi connectivity index (χ4n) is 2.71. The second-order valence-corrected chi connectivity index (χ2v) is 7.58. The van der Waals surface area contributed by atoms with E-state index in [0.717, 1.165) is 12.1 Å². The van der Waals surface area contributed by atoms with Gasteiger partial charge in [0.05, 0.1) is 0 Å². The Bertz CT molecular complexity index is 1340. The van der Waals surface area contributed by atoms with Crippen molar-refractivity contribution in [1.29, 1.82) is 0 Å². The Labute approximate surface area is 150 Å². The van der Waals surface area contributed by atoms with Crippen molar-refractivity contribution in [1.82, 2.24) is 0 Å². The van der Waals surface area contributed by atoms with Crippen molar-refractivity contribution >= 4 is 31.8 Å². The van der Waals surface area contributed by atoms with Crippen LogP contribution in [0.25, 0.3) is 21.9 Å². The first-order chi connectivity index (χ1) is 12.8. The van der Waals surface area contributed by atoms with Gasteiger partial charge in [-0.15, -0.1) is 0 Å². The molecular formula is C18H10O8S. The summed E-state index contributed by atoms with van der Waals surface area (Å²) in [6, 6.07) is 10.4. The molecule has 0 spiro atoms. The molecule has 9 heteroatoms. The summed E-state index contributed by atoms with van der Waals surface area (Å²) in [7, 11) is -4.58. The minimum atomic E-state index is -4.58. The third-order valence-electron chi connectivity index (χ3n) is 3.99. The third-order valence-corrected chi connectivity index (χ3v) is 5.72. The van der Waals surface area contributed by atoms with Crippen LogP contribution in [0.15, 0.2) is 76.7 Å². The molecule has 0 aliphatic rings. The Morgan fingerprint density at radius 1 is 0.704 bits per heavy atom. The predicted octanol–water partition coefficient (Wildman–Crippen LogP) is 2.14. The number of aromatic hydroxyl groups is 2. The lowest BCUT2D eigenvalue weighted by Crippen LogP contribution is -2.20. The van der Waals surface area contributed by atoms with E-state index in [-0.39, 0.29) is 33.4 Å². The van der Waals surface area contributed by atoms with Gasteiger partial charge in [0, 0.05) is 10.8 Å². The number of phenolic OH excluding ortho intramolecular Hbond substituents is 2. The summed E-state index contributed by atoms with van der Waals surface area (Å²) in [5.74, 6) is -0.650. The topological polar surface area (TPSA) is 135 Å². The van der Waals surface area contributed by atoms with Crippen LogP contribution < -0.4 is 11.3 Å².